The van der Waals surface area contributed by atoms with Gasteiger partial charge in [0.1, 0.15) is 0 Å². The smallest absolute Gasteiger partial charge is 0.0546 e. The molecule has 0 aliphatic carbocycles. The Morgan fingerprint density at radius 2 is 0.759 bits per heavy atom. The zero-order valence-corrected chi connectivity index (χ0v) is 35.3. The first-order valence-electron chi connectivity index (χ1n) is 19.7. The van der Waals surface area contributed by atoms with Crippen molar-refractivity contribution in [3.8, 4) is 0 Å². The molecule has 4 aromatic carbocycles. The fourth-order valence-corrected chi connectivity index (χ4v) is 6.17. The summed E-state index contributed by atoms with van der Waals surface area (Å²) < 4.78 is 0. The molecule has 0 aliphatic heterocycles. The van der Waals surface area contributed by atoms with Crippen molar-refractivity contribution in [3.05, 3.63) is 194 Å². The molecule has 4 rings (SSSR count). The molecule has 284 valence electrons. The lowest BCUT2D eigenvalue weighted by Crippen LogP contribution is -2.21. The van der Waals surface area contributed by atoms with E-state index >= 15 is 0 Å². The SMILES string of the molecule is C=C/C=C(\C=C/C)N(C(/C=C\C)=C/C)c1cc2c3ccccc3c(N(C(/C=C\C)=C/C=C)C(/C=C\C)=C/C=C\C)cc2c2ccccc12.CC.CC.CC. The predicted molar refractivity (Wildman–Crippen MR) is 250 cm³/mol. The zero-order valence-electron chi connectivity index (χ0n) is 35.3. The Morgan fingerprint density at radius 1 is 0.426 bits per heavy atom. The highest BCUT2D eigenvalue weighted by Gasteiger charge is 2.22. The van der Waals surface area contributed by atoms with Crippen molar-refractivity contribution in [2.24, 2.45) is 0 Å². The summed E-state index contributed by atoms with van der Waals surface area (Å²) >= 11 is 0. The Balaban J connectivity index is 0.00000231. The second-order valence-electron chi connectivity index (χ2n) is 11.1. The molecule has 54 heavy (non-hydrogen) atoms. The largest absolute Gasteiger partial charge is 0.310 e. The minimum atomic E-state index is 1.02. The maximum Gasteiger partial charge on any atom is 0.0546 e. The lowest BCUT2D eigenvalue weighted by Gasteiger charge is -2.31. The van der Waals surface area contributed by atoms with Gasteiger partial charge < -0.3 is 9.80 Å². The molecule has 0 spiro atoms. The van der Waals surface area contributed by atoms with E-state index in [0.717, 1.165) is 44.9 Å². The van der Waals surface area contributed by atoms with Crippen LogP contribution in [0.4, 0.5) is 11.4 Å². The van der Waals surface area contributed by atoms with Crippen molar-refractivity contribution >= 4 is 43.7 Å². The second kappa shape index (κ2) is 26.2. The minimum absolute atomic E-state index is 1.02. The van der Waals surface area contributed by atoms with Crippen LogP contribution in [0, 0.1) is 0 Å². The van der Waals surface area contributed by atoms with Crippen LogP contribution in [0.25, 0.3) is 32.3 Å². The van der Waals surface area contributed by atoms with E-state index in [1.807, 2.05) is 60.6 Å². The Hall–Kier alpha value is -5.60. The van der Waals surface area contributed by atoms with Crippen molar-refractivity contribution in [1.82, 2.24) is 0 Å². The molecule has 0 N–H and O–H groups in total. The number of fused-ring (bicyclic) bond motifs is 5. The zero-order chi connectivity index (χ0) is 40.5. The molecule has 0 aliphatic rings. The first kappa shape index (κ1) is 46.4. The fourth-order valence-electron chi connectivity index (χ4n) is 6.17. The van der Waals surface area contributed by atoms with E-state index in [4.69, 9.17) is 0 Å². The van der Waals surface area contributed by atoms with E-state index in [2.05, 4.69) is 203 Å². The second-order valence-corrected chi connectivity index (χ2v) is 11.1. The molecule has 0 aromatic heterocycles. The molecule has 0 unspecified atom stereocenters. The van der Waals surface area contributed by atoms with Gasteiger partial charge in [0.25, 0.3) is 0 Å². The third-order valence-corrected chi connectivity index (χ3v) is 8.04. The molecule has 0 amide bonds. The number of hydrogen-bond acceptors (Lipinski definition) is 2. The molecule has 0 bridgehead atoms. The number of hydrogen-bond donors (Lipinski definition) is 0. The molecule has 0 saturated heterocycles. The summed E-state index contributed by atoms with van der Waals surface area (Å²) in [5.41, 5.74) is 6.38. The monoisotopic (exact) mass is 719 g/mol. The molecule has 2 nitrogen and oxygen atoms in total. The Morgan fingerprint density at radius 3 is 1.09 bits per heavy atom. The van der Waals surface area contributed by atoms with Crippen molar-refractivity contribution in [2.45, 2.75) is 83.1 Å². The number of allylic oxidation sites excluding steroid dienone is 16. The van der Waals surface area contributed by atoms with E-state index in [1.165, 1.54) is 21.5 Å². The molecule has 0 heterocycles. The molecule has 0 saturated carbocycles. The van der Waals surface area contributed by atoms with Gasteiger partial charge in [0.05, 0.1) is 11.4 Å². The van der Waals surface area contributed by atoms with Crippen LogP contribution in [0.5, 0.6) is 0 Å². The van der Waals surface area contributed by atoms with Crippen LogP contribution in [-0.4, -0.2) is 0 Å². The van der Waals surface area contributed by atoms with E-state index in [1.54, 1.807) is 0 Å². The maximum atomic E-state index is 4.06. The van der Waals surface area contributed by atoms with Crippen molar-refractivity contribution in [2.75, 3.05) is 9.80 Å². The molecular weight excluding hydrogens is 653 g/mol. The highest BCUT2D eigenvalue weighted by atomic mass is 15.2. The van der Waals surface area contributed by atoms with Gasteiger partial charge in [-0.25, -0.2) is 0 Å². The predicted octanol–water partition coefficient (Wildman–Crippen LogP) is 16.6. The van der Waals surface area contributed by atoms with Gasteiger partial charge in [-0.05, 0) is 118 Å². The summed E-state index contributed by atoms with van der Waals surface area (Å²) in [4.78, 5) is 4.67. The average Bonchev–Trinajstić information content (AvgIpc) is 3.22. The Labute approximate surface area is 329 Å². The van der Waals surface area contributed by atoms with Gasteiger partial charge in [-0.3, -0.25) is 0 Å². The van der Waals surface area contributed by atoms with Crippen LogP contribution in [-0.2, 0) is 0 Å². The van der Waals surface area contributed by atoms with Gasteiger partial charge in [0, 0.05) is 33.6 Å². The van der Waals surface area contributed by atoms with Crippen molar-refractivity contribution in [1.29, 1.82) is 0 Å². The minimum Gasteiger partial charge on any atom is -0.310 e. The quantitative estimate of drug-likeness (QED) is 0.100. The summed E-state index contributed by atoms with van der Waals surface area (Å²) in [5, 5.41) is 7.05. The normalized spacial score (nSPS) is 12.7. The van der Waals surface area contributed by atoms with Gasteiger partial charge in [0.15, 0.2) is 0 Å². The van der Waals surface area contributed by atoms with Gasteiger partial charge in [-0.15, -0.1) is 0 Å². The Bertz CT molecular complexity index is 2070. The van der Waals surface area contributed by atoms with E-state index in [-0.39, 0.29) is 0 Å². The maximum absolute atomic E-state index is 4.06. The van der Waals surface area contributed by atoms with Gasteiger partial charge >= 0.3 is 0 Å². The number of nitrogens with zero attached hydrogens (tertiary/aromatic N) is 2. The standard InChI is InChI=1S/C46H48N2.3C2H6/c1-9-17-28-38(27-15-7)48(37(25-13-5)26-14-6)46-34-44-39-29-18-20-31-41(39)45(33-43(44)40-30-19-21-32-42(40)46)47(35(16-8)22-10-2)36(23-11-3)24-12-4;3*1-2/h9-34H,3,5H2,1-2,4,6-8H3;3*1-2H3/b17-9-,22-10-,24-12-,26-14-,27-15-,35-16+,36-23+,37-25+,38-28+;;;. The van der Waals surface area contributed by atoms with Crippen molar-refractivity contribution < 1.29 is 0 Å². The van der Waals surface area contributed by atoms with Gasteiger partial charge in [-0.2, -0.15) is 0 Å². The number of anilines is 2. The molecule has 0 radical (unpaired) electrons. The lowest BCUT2D eigenvalue weighted by atomic mass is 9.93. The average molecular weight is 719 g/mol. The summed E-state index contributed by atoms with van der Waals surface area (Å²) in [5.74, 6) is 0. The molecule has 0 fully saturated rings. The molecule has 2 heteroatoms. The first-order chi connectivity index (χ1) is 26.5. The first-order valence-corrected chi connectivity index (χ1v) is 19.7. The van der Waals surface area contributed by atoms with Crippen LogP contribution in [0.3, 0.4) is 0 Å². The summed E-state index contributed by atoms with van der Waals surface area (Å²) in [6, 6.07) is 22.2. The van der Waals surface area contributed by atoms with E-state index in [9.17, 15) is 0 Å². The van der Waals surface area contributed by atoms with Crippen LogP contribution >= 0.6 is 0 Å². The third-order valence-electron chi connectivity index (χ3n) is 8.04. The molecular formula is C52H66N2. The highest BCUT2D eigenvalue weighted by molar-refractivity contribution is 6.24. The summed E-state index contributed by atoms with van der Waals surface area (Å²) in [6.07, 6.45) is 33.2. The van der Waals surface area contributed by atoms with Gasteiger partial charge in [0.2, 0.25) is 0 Å². The Kier molecular flexibility index (Phi) is 22.5. The molecule has 4 aromatic rings. The number of rotatable bonds is 13. The lowest BCUT2D eigenvalue weighted by molar-refractivity contribution is 1.14. The fraction of sp³-hybridized carbons (Fsp3) is 0.231. The van der Waals surface area contributed by atoms with Crippen LogP contribution in [0.15, 0.2) is 194 Å². The van der Waals surface area contributed by atoms with Crippen molar-refractivity contribution in [3.63, 3.8) is 0 Å². The highest BCUT2D eigenvalue weighted by Crippen LogP contribution is 2.44. The third kappa shape index (κ3) is 11.2. The summed E-state index contributed by atoms with van der Waals surface area (Å²) in [7, 11) is 0. The van der Waals surface area contributed by atoms with Crippen LogP contribution in [0.1, 0.15) is 83.1 Å². The van der Waals surface area contributed by atoms with Crippen LogP contribution in [0.2, 0.25) is 0 Å². The summed E-state index contributed by atoms with van der Waals surface area (Å²) in [6.45, 7) is 32.5. The topological polar surface area (TPSA) is 6.48 Å². The number of benzene rings is 4. The van der Waals surface area contributed by atoms with E-state index in [0.29, 0.717) is 0 Å². The van der Waals surface area contributed by atoms with Gasteiger partial charge in [-0.1, -0.05) is 158 Å². The van der Waals surface area contributed by atoms with E-state index < -0.39 is 0 Å². The van der Waals surface area contributed by atoms with Crippen LogP contribution < -0.4 is 9.80 Å². The molecule has 0 atom stereocenters.